The van der Waals surface area contributed by atoms with Gasteiger partial charge in [-0.1, -0.05) is 24.3 Å². The highest BCUT2D eigenvalue weighted by Gasteiger charge is 2.58. The molecule has 4 fully saturated rings. The van der Waals surface area contributed by atoms with Crippen LogP contribution < -0.4 is 5.32 Å². The van der Waals surface area contributed by atoms with Gasteiger partial charge in [-0.3, -0.25) is 0 Å². The molecule has 9 rings (SSSR count). The Morgan fingerprint density at radius 1 is 1.16 bits per heavy atom. The predicted octanol–water partition coefficient (Wildman–Crippen LogP) is 5.52. The lowest BCUT2D eigenvalue weighted by atomic mass is 9.46. The zero-order chi connectivity index (χ0) is 24.7. The van der Waals surface area contributed by atoms with Crippen LogP contribution in [0.3, 0.4) is 0 Å². The molecule has 0 radical (unpaired) electrons. The van der Waals surface area contributed by atoms with E-state index >= 15 is 0 Å². The summed E-state index contributed by atoms with van der Waals surface area (Å²) in [6.07, 6.45) is 9.90. The second kappa shape index (κ2) is 7.69. The third-order valence-electron chi connectivity index (χ3n) is 9.88. The number of anilines is 1. The normalized spacial score (nSPS) is 31.7. The van der Waals surface area contributed by atoms with Gasteiger partial charge >= 0.3 is 0 Å². The Labute approximate surface area is 215 Å². The number of nitrogens with zero attached hydrogens (tertiary/aromatic N) is 4. The van der Waals surface area contributed by atoms with Crippen LogP contribution in [-0.4, -0.2) is 31.8 Å². The first-order valence-corrected chi connectivity index (χ1v) is 13.5. The number of aliphatic hydroxyl groups excluding tert-OH is 1. The number of aliphatic hydroxyl groups is 1. The summed E-state index contributed by atoms with van der Waals surface area (Å²) in [6, 6.07) is 17.1. The van der Waals surface area contributed by atoms with Crippen LogP contribution in [0.5, 0.6) is 0 Å². The van der Waals surface area contributed by atoms with Gasteiger partial charge in [0.25, 0.3) is 6.01 Å². The van der Waals surface area contributed by atoms with Gasteiger partial charge in [-0.2, -0.15) is 10.2 Å². The summed E-state index contributed by atoms with van der Waals surface area (Å²) in [4.78, 5) is 9.06. The van der Waals surface area contributed by atoms with Crippen LogP contribution in [0.4, 0.5) is 6.01 Å². The molecule has 1 aliphatic heterocycles. The van der Waals surface area contributed by atoms with Crippen LogP contribution in [0.15, 0.2) is 59.4 Å². The Kier molecular flexibility index (Phi) is 4.46. The maximum Gasteiger partial charge on any atom is 0.295 e. The van der Waals surface area contributed by atoms with Gasteiger partial charge in [0.2, 0.25) is 0 Å². The number of imidazole rings is 1. The maximum absolute atomic E-state index is 11.9. The summed E-state index contributed by atoms with van der Waals surface area (Å²) < 4.78 is 8.26. The van der Waals surface area contributed by atoms with Crippen molar-refractivity contribution in [1.82, 2.24) is 14.5 Å². The van der Waals surface area contributed by atoms with Gasteiger partial charge in [0.15, 0.2) is 5.58 Å². The number of oxazole rings is 1. The average Bonchev–Trinajstić information content (AvgIpc) is 3.61. The fraction of sp³-hybridized carbons (Fsp3) is 0.433. The second-order valence-corrected chi connectivity index (χ2v) is 11.9. The summed E-state index contributed by atoms with van der Waals surface area (Å²) in [5, 5.41) is 24.7. The molecule has 186 valence electrons. The molecule has 7 heteroatoms. The number of fused-ring (bicyclic) bond motifs is 4. The standard InChI is InChI=1S/C30H29N5O2/c31-14-17-5-6-23-26(9-17)37-29(33-23)34-28-19-7-18-8-20(28)13-30(11-18,12-19)27(36)10-24-21-3-1-2-4-22(21)25-15-32-16-35(24)25/h1-6,9,15-16,18-20,24,27-28,36H,7-8,10-13H2,(H,33,34)/t18?,19-,20?,24?,27?,28?,30?/m1/s1. The van der Waals surface area contributed by atoms with Crippen LogP contribution in [0.1, 0.15) is 55.7 Å². The number of nitrogens with one attached hydrogen (secondary N) is 1. The van der Waals surface area contributed by atoms with Crippen molar-refractivity contribution in [3.63, 3.8) is 0 Å². The van der Waals surface area contributed by atoms with E-state index in [0.717, 1.165) is 36.9 Å². The molecule has 3 heterocycles. The summed E-state index contributed by atoms with van der Waals surface area (Å²) in [7, 11) is 0. The van der Waals surface area contributed by atoms with Gasteiger partial charge in [0.1, 0.15) is 5.52 Å². The number of nitriles is 1. The number of benzene rings is 2. The summed E-state index contributed by atoms with van der Waals surface area (Å²) in [6.45, 7) is 0. The molecule has 0 saturated heterocycles. The fourth-order valence-electron chi connectivity index (χ4n) is 8.56. The van der Waals surface area contributed by atoms with E-state index in [1.54, 1.807) is 12.1 Å². The third-order valence-corrected chi connectivity index (χ3v) is 9.88. The fourth-order valence-corrected chi connectivity index (χ4v) is 8.56. The summed E-state index contributed by atoms with van der Waals surface area (Å²) in [5.74, 6) is 1.70. The minimum Gasteiger partial charge on any atom is -0.424 e. The Balaban J connectivity index is 1.04. The zero-order valence-corrected chi connectivity index (χ0v) is 20.5. The molecule has 7 atom stereocenters. The van der Waals surface area contributed by atoms with Crippen LogP contribution in [0.2, 0.25) is 0 Å². The van der Waals surface area contributed by atoms with E-state index in [9.17, 15) is 10.4 Å². The highest BCUT2D eigenvalue weighted by molar-refractivity contribution is 5.76. The lowest BCUT2D eigenvalue weighted by Gasteiger charge is -2.61. The van der Waals surface area contributed by atoms with Crippen LogP contribution in [0, 0.1) is 34.5 Å². The number of rotatable bonds is 5. The highest BCUT2D eigenvalue weighted by Crippen LogP contribution is 2.62. The Hall–Kier alpha value is -3.63. The molecule has 37 heavy (non-hydrogen) atoms. The molecule has 4 saturated carbocycles. The van der Waals surface area contributed by atoms with E-state index < -0.39 is 0 Å². The molecule has 7 nitrogen and oxygen atoms in total. The van der Waals surface area contributed by atoms with Gasteiger partial charge in [0, 0.05) is 17.7 Å². The average molecular weight is 492 g/mol. The molecular weight excluding hydrogens is 462 g/mol. The topological polar surface area (TPSA) is 99.9 Å². The summed E-state index contributed by atoms with van der Waals surface area (Å²) in [5.41, 5.74) is 5.68. The lowest BCUT2D eigenvalue weighted by molar-refractivity contribution is -0.129. The van der Waals surface area contributed by atoms with Crippen molar-refractivity contribution in [3.05, 3.63) is 66.1 Å². The molecule has 4 aromatic rings. The largest absolute Gasteiger partial charge is 0.424 e. The van der Waals surface area contributed by atoms with E-state index in [4.69, 9.17) is 4.42 Å². The molecule has 2 aromatic heterocycles. The molecule has 4 aliphatic carbocycles. The third kappa shape index (κ3) is 3.15. The predicted molar refractivity (Wildman–Crippen MR) is 139 cm³/mol. The molecule has 4 bridgehead atoms. The van der Waals surface area contributed by atoms with E-state index in [2.05, 4.69) is 50.2 Å². The molecule has 2 aromatic carbocycles. The van der Waals surface area contributed by atoms with Gasteiger partial charge < -0.3 is 19.4 Å². The Bertz CT molecular complexity index is 1550. The Morgan fingerprint density at radius 2 is 2.00 bits per heavy atom. The number of aromatic nitrogens is 3. The number of hydrogen-bond donors (Lipinski definition) is 2. The molecule has 0 spiro atoms. The van der Waals surface area contributed by atoms with Crippen molar-refractivity contribution >= 4 is 17.1 Å². The molecule has 0 amide bonds. The van der Waals surface area contributed by atoms with E-state index in [1.807, 2.05) is 18.6 Å². The highest BCUT2D eigenvalue weighted by atomic mass is 16.4. The van der Waals surface area contributed by atoms with E-state index in [0.29, 0.717) is 41.0 Å². The number of hydrogen-bond acceptors (Lipinski definition) is 6. The van der Waals surface area contributed by atoms with Crippen molar-refractivity contribution in [2.24, 2.45) is 23.2 Å². The van der Waals surface area contributed by atoms with Gasteiger partial charge in [-0.15, -0.1) is 0 Å². The van der Waals surface area contributed by atoms with Crippen molar-refractivity contribution in [3.8, 4) is 17.3 Å². The second-order valence-electron chi connectivity index (χ2n) is 11.9. The molecule has 5 aliphatic rings. The van der Waals surface area contributed by atoms with Crippen LogP contribution >= 0.6 is 0 Å². The van der Waals surface area contributed by atoms with Gasteiger partial charge in [-0.25, -0.2) is 4.98 Å². The van der Waals surface area contributed by atoms with Gasteiger partial charge in [0.05, 0.1) is 42.0 Å². The van der Waals surface area contributed by atoms with Crippen LogP contribution in [0.25, 0.3) is 22.4 Å². The van der Waals surface area contributed by atoms with E-state index in [-0.39, 0.29) is 17.6 Å². The van der Waals surface area contributed by atoms with Crippen molar-refractivity contribution in [1.29, 1.82) is 5.26 Å². The van der Waals surface area contributed by atoms with Gasteiger partial charge in [-0.05, 0) is 79.4 Å². The smallest absolute Gasteiger partial charge is 0.295 e. The maximum atomic E-state index is 11.9. The quantitative estimate of drug-likeness (QED) is 0.381. The first-order valence-electron chi connectivity index (χ1n) is 13.5. The van der Waals surface area contributed by atoms with Crippen molar-refractivity contribution in [2.45, 2.75) is 56.7 Å². The monoisotopic (exact) mass is 491 g/mol. The first-order chi connectivity index (χ1) is 18.1. The lowest BCUT2D eigenvalue weighted by Crippen LogP contribution is -2.59. The molecular formula is C30H29N5O2. The van der Waals surface area contributed by atoms with Crippen molar-refractivity contribution < 1.29 is 9.52 Å². The summed E-state index contributed by atoms with van der Waals surface area (Å²) >= 11 is 0. The SMILES string of the molecule is N#Cc1ccc2nc(NC3C4CC5C[C@@H]3CC(C(O)CC3c6ccccc6-c6cncn63)(C5)C4)oc2c1. The molecule has 2 N–H and O–H groups in total. The minimum atomic E-state index is -0.346. The Morgan fingerprint density at radius 3 is 2.84 bits per heavy atom. The minimum absolute atomic E-state index is 0.0179. The molecule has 6 unspecified atom stereocenters. The van der Waals surface area contributed by atoms with Crippen molar-refractivity contribution in [2.75, 3.05) is 5.32 Å². The van der Waals surface area contributed by atoms with Crippen LogP contribution in [-0.2, 0) is 0 Å². The first kappa shape index (κ1) is 21.5. The van der Waals surface area contributed by atoms with E-state index in [1.165, 1.54) is 24.0 Å². The zero-order valence-electron chi connectivity index (χ0n) is 20.5.